The molecule has 5 rings (SSSR count). The van der Waals surface area contributed by atoms with Crippen LogP contribution in [0.3, 0.4) is 0 Å². The van der Waals surface area contributed by atoms with Gasteiger partial charge in [0, 0.05) is 59.4 Å². The molecular weight excluding hydrogens is 412 g/mol. The highest BCUT2D eigenvalue weighted by Gasteiger charge is 2.20. The van der Waals surface area contributed by atoms with Crippen molar-refractivity contribution in [1.82, 2.24) is 9.88 Å². The molecule has 1 N–H and O–H groups in total. The molecule has 6 heteroatoms. The average Bonchev–Trinajstić information content (AvgIpc) is 3.45. The predicted molar refractivity (Wildman–Crippen MR) is 125 cm³/mol. The molecular formula is C25H25F2N3S. The van der Waals surface area contributed by atoms with Gasteiger partial charge < -0.3 is 9.88 Å². The number of anilines is 1. The number of H-pyrrole nitrogens is 1. The second-order valence-corrected chi connectivity index (χ2v) is 9.02. The molecule has 0 spiro atoms. The van der Waals surface area contributed by atoms with E-state index in [4.69, 9.17) is 0 Å². The predicted octanol–water partition coefficient (Wildman–Crippen LogP) is 5.93. The third kappa shape index (κ3) is 4.36. The van der Waals surface area contributed by atoms with Gasteiger partial charge in [0.05, 0.1) is 0 Å². The van der Waals surface area contributed by atoms with E-state index in [1.54, 1.807) is 35.6 Å². The van der Waals surface area contributed by atoms with Crippen LogP contribution in [0, 0.1) is 11.6 Å². The highest BCUT2D eigenvalue weighted by molar-refractivity contribution is 7.13. The Kier molecular flexibility index (Phi) is 5.74. The molecule has 1 aliphatic heterocycles. The fourth-order valence-electron chi connectivity index (χ4n) is 4.48. The van der Waals surface area contributed by atoms with Gasteiger partial charge in [-0.05, 0) is 72.8 Å². The summed E-state index contributed by atoms with van der Waals surface area (Å²) in [5.41, 5.74) is 4.27. The molecule has 0 unspecified atom stereocenters. The van der Waals surface area contributed by atoms with Crippen molar-refractivity contribution in [3.05, 3.63) is 77.3 Å². The van der Waals surface area contributed by atoms with Crippen LogP contribution in [0.25, 0.3) is 21.3 Å². The summed E-state index contributed by atoms with van der Waals surface area (Å²) < 4.78 is 27.5. The van der Waals surface area contributed by atoms with Gasteiger partial charge in [0.15, 0.2) is 0 Å². The van der Waals surface area contributed by atoms with Crippen LogP contribution < -0.4 is 4.90 Å². The fourth-order valence-corrected chi connectivity index (χ4v) is 5.23. The van der Waals surface area contributed by atoms with Gasteiger partial charge in [-0.1, -0.05) is 6.07 Å². The number of rotatable bonds is 6. The molecule has 3 heterocycles. The lowest BCUT2D eigenvalue weighted by molar-refractivity contribution is 0.255. The Balaban J connectivity index is 1.18. The van der Waals surface area contributed by atoms with E-state index >= 15 is 0 Å². The van der Waals surface area contributed by atoms with Crippen molar-refractivity contribution in [3.8, 4) is 10.4 Å². The molecule has 4 aromatic rings. The summed E-state index contributed by atoms with van der Waals surface area (Å²) in [6.07, 6.45) is 3.98. The van der Waals surface area contributed by atoms with Crippen molar-refractivity contribution in [3.63, 3.8) is 0 Å². The minimum Gasteiger partial charge on any atom is -0.368 e. The van der Waals surface area contributed by atoms with Crippen LogP contribution in [0.5, 0.6) is 0 Å². The zero-order valence-electron chi connectivity index (χ0n) is 17.3. The molecule has 2 aromatic carbocycles. The number of thiophene rings is 1. The number of hydrogen-bond acceptors (Lipinski definition) is 3. The lowest BCUT2D eigenvalue weighted by atomic mass is 10.1. The zero-order chi connectivity index (χ0) is 21.2. The molecule has 31 heavy (non-hydrogen) atoms. The van der Waals surface area contributed by atoms with Crippen molar-refractivity contribution in [1.29, 1.82) is 0 Å². The summed E-state index contributed by atoms with van der Waals surface area (Å²) >= 11 is 1.64. The minimum atomic E-state index is -0.192. The van der Waals surface area contributed by atoms with Crippen LogP contribution in [-0.4, -0.2) is 42.6 Å². The van der Waals surface area contributed by atoms with E-state index in [1.807, 2.05) is 23.7 Å². The van der Waals surface area contributed by atoms with Crippen molar-refractivity contribution >= 4 is 27.9 Å². The molecule has 0 bridgehead atoms. The number of benzene rings is 2. The first-order valence-corrected chi connectivity index (χ1v) is 11.6. The van der Waals surface area contributed by atoms with Crippen LogP contribution in [0.1, 0.15) is 12.0 Å². The lowest BCUT2D eigenvalue weighted by Gasteiger charge is -2.37. The molecule has 1 saturated heterocycles. The summed E-state index contributed by atoms with van der Waals surface area (Å²) in [5, 5.41) is 3.02. The maximum absolute atomic E-state index is 13.9. The molecule has 1 fully saturated rings. The Hall–Kier alpha value is -2.70. The van der Waals surface area contributed by atoms with Gasteiger partial charge >= 0.3 is 0 Å². The third-order valence-electron chi connectivity index (χ3n) is 6.11. The number of nitrogens with zero attached hydrogens (tertiary/aromatic N) is 2. The number of fused-ring (bicyclic) bond motifs is 1. The van der Waals surface area contributed by atoms with E-state index in [1.165, 1.54) is 11.6 Å². The van der Waals surface area contributed by atoms with E-state index in [9.17, 15) is 8.78 Å². The van der Waals surface area contributed by atoms with Gasteiger partial charge in [-0.15, -0.1) is 11.3 Å². The van der Waals surface area contributed by atoms with Crippen LogP contribution in [0.2, 0.25) is 0 Å². The zero-order valence-corrected chi connectivity index (χ0v) is 18.1. The van der Waals surface area contributed by atoms with Crippen LogP contribution in [0.4, 0.5) is 14.5 Å². The first kappa shape index (κ1) is 20.2. The SMILES string of the molecule is Fc1ccc(N2CCN(CCCc3c[nH]c4ccc(F)cc34)CC2)c(-c2cccs2)c1. The van der Waals surface area contributed by atoms with Gasteiger partial charge in [0.25, 0.3) is 0 Å². The third-order valence-corrected chi connectivity index (χ3v) is 7.01. The number of halogens is 2. The van der Waals surface area contributed by atoms with E-state index in [-0.39, 0.29) is 11.6 Å². The summed E-state index contributed by atoms with van der Waals surface area (Å²) in [7, 11) is 0. The van der Waals surface area contributed by atoms with Gasteiger partial charge in [-0.3, -0.25) is 4.90 Å². The quantitative estimate of drug-likeness (QED) is 0.404. The Labute approximate surface area is 184 Å². The Morgan fingerprint density at radius 2 is 1.74 bits per heavy atom. The van der Waals surface area contributed by atoms with E-state index in [2.05, 4.69) is 20.9 Å². The minimum absolute atomic E-state index is 0.188. The molecule has 0 aliphatic carbocycles. The fraction of sp³-hybridized carbons (Fsp3) is 0.280. The Morgan fingerprint density at radius 1 is 0.935 bits per heavy atom. The maximum Gasteiger partial charge on any atom is 0.124 e. The molecule has 0 saturated carbocycles. The Morgan fingerprint density at radius 3 is 2.55 bits per heavy atom. The average molecular weight is 438 g/mol. The summed E-state index contributed by atoms with van der Waals surface area (Å²) in [6, 6.07) is 14.1. The van der Waals surface area contributed by atoms with Gasteiger partial charge in [0.2, 0.25) is 0 Å². The van der Waals surface area contributed by atoms with Crippen molar-refractivity contribution in [2.24, 2.45) is 0 Å². The van der Waals surface area contributed by atoms with Gasteiger partial charge in [-0.2, -0.15) is 0 Å². The summed E-state index contributed by atoms with van der Waals surface area (Å²) in [6.45, 7) is 4.87. The first-order chi connectivity index (χ1) is 15.2. The smallest absolute Gasteiger partial charge is 0.124 e. The van der Waals surface area contributed by atoms with E-state index in [0.29, 0.717) is 0 Å². The second-order valence-electron chi connectivity index (χ2n) is 8.07. The number of hydrogen-bond donors (Lipinski definition) is 1. The highest BCUT2D eigenvalue weighted by Crippen LogP contribution is 2.35. The monoisotopic (exact) mass is 437 g/mol. The summed E-state index contributed by atoms with van der Waals surface area (Å²) in [5.74, 6) is -0.380. The molecule has 160 valence electrons. The van der Waals surface area contributed by atoms with E-state index < -0.39 is 0 Å². The van der Waals surface area contributed by atoms with Crippen molar-refractivity contribution < 1.29 is 8.78 Å². The van der Waals surface area contributed by atoms with E-state index in [0.717, 1.165) is 72.6 Å². The highest BCUT2D eigenvalue weighted by atomic mass is 32.1. The molecule has 2 aromatic heterocycles. The topological polar surface area (TPSA) is 22.3 Å². The molecule has 3 nitrogen and oxygen atoms in total. The first-order valence-electron chi connectivity index (χ1n) is 10.7. The Bertz CT molecular complexity index is 1160. The van der Waals surface area contributed by atoms with Crippen LogP contribution >= 0.6 is 11.3 Å². The largest absolute Gasteiger partial charge is 0.368 e. The molecule has 0 radical (unpaired) electrons. The number of aryl methyl sites for hydroxylation is 1. The van der Waals surface area contributed by atoms with Crippen LogP contribution in [0.15, 0.2) is 60.1 Å². The van der Waals surface area contributed by atoms with Gasteiger partial charge in [-0.25, -0.2) is 8.78 Å². The number of nitrogens with one attached hydrogen (secondary N) is 1. The molecule has 1 aliphatic rings. The normalized spacial score (nSPS) is 15.1. The lowest BCUT2D eigenvalue weighted by Crippen LogP contribution is -2.46. The second kappa shape index (κ2) is 8.81. The molecule has 0 amide bonds. The standard InChI is InChI=1S/C25H25F2N3S/c26-19-5-7-23-21(15-19)18(17-28-23)3-1-9-29-10-12-30(13-11-29)24-8-6-20(27)16-22(24)25-4-2-14-31-25/h2,4-8,14-17,28H,1,3,9-13H2. The summed E-state index contributed by atoms with van der Waals surface area (Å²) in [4.78, 5) is 9.19. The number of piperazine rings is 1. The maximum atomic E-state index is 13.9. The number of aromatic amines is 1. The van der Waals surface area contributed by atoms with Gasteiger partial charge in [0.1, 0.15) is 11.6 Å². The number of aromatic nitrogens is 1. The van der Waals surface area contributed by atoms with Crippen LogP contribution in [-0.2, 0) is 6.42 Å². The molecule has 0 atom stereocenters. The van der Waals surface area contributed by atoms with Crippen molar-refractivity contribution in [2.45, 2.75) is 12.8 Å². The van der Waals surface area contributed by atoms with Crippen molar-refractivity contribution in [2.75, 3.05) is 37.6 Å².